The van der Waals surface area contributed by atoms with Crippen LogP contribution < -0.4 is 0 Å². The zero-order chi connectivity index (χ0) is 8.91. The van der Waals surface area contributed by atoms with E-state index in [1.807, 2.05) is 27.7 Å². The second-order valence-electron chi connectivity index (χ2n) is 2.47. The summed E-state index contributed by atoms with van der Waals surface area (Å²) >= 11 is 5.29. The zero-order valence-corrected chi connectivity index (χ0v) is 9.37. The Morgan fingerprint density at radius 1 is 1.18 bits per heavy atom. The Balaban J connectivity index is 4.14. The van der Waals surface area contributed by atoms with Crippen molar-refractivity contribution in [3.05, 3.63) is 0 Å². The maximum absolute atomic E-state index is 5.44. The quantitative estimate of drug-likeness (QED) is 0.630. The molecule has 0 saturated heterocycles. The highest BCUT2D eigenvalue weighted by molar-refractivity contribution is 8.10. The van der Waals surface area contributed by atoms with Crippen LogP contribution in [0, 0.1) is 0 Å². The van der Waals surface area contributed by atoms with Crippen molar-refractivity contribution in [1.29, 1.82) is 0 Å². The lowest BCUT2D eigenvalue weighted by Gasteiger charge is -2.24. The van der Waals surface area contributed by atoms with E-state index in [2.05, 4.69) is 0 Å². The molecule has 0 heterocycles. The Labute approximate surface area is 74.4 Å². The predicted molar refractivity (Wildman–Crippen MR) is 52.7 cm³/mol. The fraction of sp³-hybridized carbons (Fsp3) is 1.00. The van der Waals surface area contributed by atoms with Crippen LogP contribution in [0.2, 0.25) is 0 Å². The van der Waals surface area contributed by atoms with Gasteiger partial charge in [0.25, 0.3) is 0 Å². The SMILES string of the molecule is CCOP(=S)(OCC)C(C)C. The molecule has 0 aliphatic rings. The molecule has 68 valence electrons. The summed E-state index contributed by atoms with van der Waals surface area (Å²) < 4.78 is 10.9. The molecular formula is C7H17O2PS. The molecule has 0 aromatic heterocycles. The second-order valence-corrected chi connectivity index (χ2v) is 6.62. The third-order valence-electron chi connectivity index (χ3n) is 1.25. The Morgan fingerprint density at radius 3 is 1.73 bits per heavy atom. The number of rotatable bonds is 5. The molecule has 4 heteroatoms. The van der Waals surface area contributed by atoms with Crippen LogP contribution in [0.25, 0.3) is 0 Å². The molecule has 0 atom stereocenters. The van der Waals surface area contributed by atoms with E-state index in [0.29, 0.717) is 18.9 Å². The van der Waals surface area contributed by atoms with Crippen molar-refractivity contribution < 1.29 is 9.05 Å². The van der Waals surface area contributed by atoms with Crippen LogP contribution in [-0.4, -0.2) is 18.9 Å². The monoisotopic (exact) mass is 196 g/mol. The third-order valence-corrected chi connectivity index (χ3v) is 5.65. The Kier molecular flexibility index (Phi) is 5.53. The van der Waals surface area contributed by atoms with Gasteiger partial charge in [-0.15, -0.1) is 0 Å². The van der Waals surface area contributed by atoms with Crippen LogP contribution in [0.3, 0.4) is 0 Å². The van der Waals surface area contributed by atoms with E-state index in [9.17, 15) is 0 Å². The molecule has 0 radical (unpaired) electrons. The third kappa shape index (κ3) is 3.66. The van der Waals surface area contributed by atoms with E-state index in [1.54, 1.807) is 0 Å². The van der Waals surface area contributed by atoms with Crippen molar-refractivity contribution in [1.82, 2.24) is 0 Å². The first-order valence-corrected chi connectivity index (χ1v) is 6.66. The van der Waals surface area contributed by atoms with Crippen LogP contribution >= 0.6 is 6.49 Å². The van der Waals surface area contributed by atoms with Crippen molar-refractivity contribution in [2.24, 2.45) is 0 Å². The van der Waals surface area contributed by atoms with E-state index in [1.165, 1.54) is 0 Å². The molecule has 0 fully saturated rings. The molecule has 0 rings (SSSR count). The van der Waals surface area contributed by atoms with Gasteiger partial charge in [0.2, 0.25) is 0 Å². The predicted octanol–water partition coefficient (Wildman–Crippen LogP) is 2.78. The maximum Gasteiger partial charge on any atom is 0.191 e. The summed E-state index contributed by atoms with van der Waals surface area (Å²) in [5.41, 5.74) is 0.317. The molecule has 0 aliphatic heterocycles. The van der Waals surface area contributed by atoms with Gasteiger partial charge in [-0.25, -0.2) is 0 Å². The maximum atomic E-state index is 5.44. The molecule has 0 unspecified atom stereocenters. The van der Waals surface area contributed by atoms with E-state index in [0.717, 1.165) is 0 Å². The topological polar surface area (TPSA) is 18.5 Å². The summed E-state index contributed by atoms with van der Waals surface area (Å²) in [5, 5.41) is 0. The molecule has 11 heavy (non-hydrogen) atoms. The van der Waals surface area contributed by atoms with E-state index in [4.69, 9.17) is 20.9 Å². The number of hydrogen-bond acceptors (Lipinski definition) is 3. The van der Waals surface area contributed by atoms with Crippen LogP contribution in [-0.2, 0) is 20.9 Å². The first kappa shape index (κ1) is 11.6. The fourth-order valence-electron chi connectivity index (χ4n) is 0.695. The lowest BCUT2D eigenvalue weighted by molar-refractivity contribution is 0.261. The molecule has 0 aliphatic carbocycles. The smallest absolute Gasteiger partial charge is 0.191 e. The van der Waals surface area contributed by atoms with Gasteiger partial charge in [0.05, 0.1) is 13.2 Å². The summed E-state index contributed by atoms with van der Waals surface area (Å²) in [7, 11) is 0. The van der Waals surface area contributed by atoms with Crippen molar-refractivity contribution in [2.75, 3.05) is 13.2 Å². The van der Waals surface area contributed by atoms with Gasteiger partial charge < -0.3 is 9.05 Å². The van der Waals surface area contributed by atoms with E-state index < -0.39 is 6.49 Å². The molecule has 0 spiro atoms. The van der Waals surface area contributed by atoms with Gasteiger partial charge in [0, 0.05) is 5.66 Å². The first-order valence-electron chi connectivity index (χ1n) is 3.95. The van der Waals surface area contributed by atoms with Crippen molar-refractivity contribution in [2.45, 2.75) is 33.4 Å². The van der Waals surface area contributed by atoms with Crippen LogP contribution in [0.5, 0.6) is 0 Å². The Bertz CT molecular complexity index is 137. The van der Waals surface area contributed by atoms with E-state index in [-0.39, 0.29) is 0 Å². The molecule has 2 nitrogen and oxygen atoms in total. The molecule has 0 saturated carbocycles. The van der Waals surface area contributed by atoms with Crippen LogP contribution in [0.4, 0.5) is 0 Å². The minimum Gasteiger partial charge on any atom is -0.329 e. The Hall–Kier alpha value is 0.570. The number of hydrogen-bond donors (Lipinski definition) is 0. The molecule has 0 amide bonds. The average molecular weight is 196 g/mol. The minimum absolute atomic E-state index is 0.317. The second kappa shape index (κ2) is 5.26. The summed E-state index contributed by atoms with van der Waals surface area (Å²) in [6.45, 7) is 7.33. The van der Waals surface area contributed by atoms with Crippen molar-refractivity contribution >= 4 is 18.3 Å². The summed E-state index contributed by atoms with van der Waals surface area (Å²) in [6, 6.07) is 0. The molecule has 0 bridgehead atoms. The van der Waals surface area contributed by atoms with Gasteiger partial charge in [0.15, 0.2) is 6.49 Å². The van der Waals surface area contributed by atoms with E-state index >= 15 is 0 Å². The zero-order valence-electron chi connectivity index (χ0n) is 7.66. The van der Waals surface area contributed by atoms with Crippen molar-refractivity contribution in [3.63, 3.8) is 0 Å². The van der Waals surface area contributed by atoms with Gasteiger partial charge in [-0.3, -0.25) is 0 Å². The lowest BCUT2D eigenvalue weighted by Crippen LogP contribution is -2.05. The molecule has 0 N–H and O–H groups in total. The Morgan fingerprint density at radius 2 is 1.55 bits per heavy atom. The molecule has 0 aromatic carbocycles. The van der Waals surface area contributed by atoms with Gasteiger partial charge in [-0.1, -0.05) is 13.8 Å². The van der Waals surface area contributed by atoms with Gasteiger partial charge >= 0.3 is 0 Å². The first-order chi connectivity index (χ1) is 5.06. The molecule has 0 aromatic rings. The average Bonchev–Trinajstić information content (AvgIpc) is 1.88. The standard InChI is InChI=1S/C7H17O2PS/c1-5-8-10(11,7(3)4)9-6-2/h7H,5-6H2,1-4H3. The molecular weight excluding hydrogens is 179 g/mol. The fourth-order valence-corrected chi connectivity index (χ4v) is 2.72. The summed E-state index contributed by atoms with van der Waals surface area (Å²) in [4.78, 5) is 0. The minimum atomic E-state index is -1.96. The largest absolute Gasteiger partial charge is 0.329 e. The lowest BCUT2D eigenvalue weighted by atomic mass is 10.6. The summed E-state index contributed by atoms with van der Waals surface area (Å²) in [5.74, 6) is 0. The highest BCUT2D eigenvalue weighted by atomic mass is 32.5. The highest BCUT2D eigenvalue weighted by Crippen LogP contribution is 2.52. The van der Waals surface area contributed by atoms with Gasteiger partial charge in [0.1, 0.15) is 0 Å². The van der Waals surface area contributed by atoms with Crippen molar-refractivity contribution in [3.8, 4) is 0 Å². The summed E-state index contributed by atoms with van der Waals surface area (Å²) in [6.07, 6.45) is 0. The normalized spacial score (nSPS) is 12.5. The van der Waals surface area contributed by atoms with Crippen LogP contribution in [0.15, 0.2) is 0 Å². The van der Waals surface area contributed by atoms with Crippen LogP contribution in [0.1, 0.15) is 27.7 Å². The van der Waals surface area contributed by atoms with Gasteiger partial charge in [-0.05, 0) is 25.7 Å². The van der Waals surface area contributed by atoms with Gasteiger partial charge in [-0.2, -0.15) is 0 Å². The highest BCUT2D eigenvalue weighted by Gasteiger charge is 2.21.